The largest absolute Gasteiger partial charge is 0.497 e. The van der Waals surface area contributed by atoms with Gasteiger partial charge in [-0.25, -0.2) is 15.0 Å². The summed E-state index contributed by atoms with van der Waals surface area (Å²) in [5.41, 5.74) is 0.323. The molecular formula is C27H28F3N5O2. The molecule has 1 aromatic carbocycles. The highest BCUT2D eigenvalue weighted by Gasteiger charge is 2.34. The molecule has 194 valence electrons. The Labute approximate surface area is 213 Å². The number of fused-ring (bicyclic) bond motifs is 1. The molecule has 37 heavy (non-hydrogen) atoms. The zero-order valence-electron chi connectivity index (χ0n) is 20.8. The number of hydrogen-bond acceptors (Lipinski definition) is 7. The van der Waals surface area contributed by atoms with Gasteiger partial charge >= 0.3 is 6.18 Å². The summed E-state index contributed by atoms with van der Waals surface area (Å²) in [4.78, 5) is 17.5. The van der Waals surface area contributed by atoms with Crippen molar-refractivity contribution in [3.63, 3.8) is 0 Å². The van der Waals surface area contributed by atoms with Gasteiger partial charge in [0.2, 0.25) is 0 Å². The Morgan fingerprint density at radius 1 is 1.00 bits per heavy atom. The Kier molecular flexibility index (Phi) is 8.17. The molecule has 0 saturated carbocycles. The molecule has 0 saturated heterocycles. The van der Waals surface area contributed by atoms with Crippen molar-refractivity contribution in [2.45, 2.75) is 33.1 Å². The Morgan fingerprint density at radius 2 is 1.84 bits per heavy atom. The van der Waals surface area contributed by atoms with Crippen LogP contribution in [0, 0.1) is 5.92 Å². The quantitative estimate of drug-likeness (QED) is 0.282. The molecular weight excluding hydrogens is 483 g/mol. The molecule has 1 N–H and O–H groups in total. The van der Waals surface area contributed by atoms with Crippen LogP contribution in [-0.4, -0.2) is 40.2 Å². The van der Waals surface area contributed by atoms with Gasteiger partial charge in [-0.15, -0.1) is 0 Å². The van der Waals surface area contributed by atoms with Crippen LogP contribution in [0.25, 0.3) is 22.4 Å². The van der Waals surface area contributed by atoms with Gasteiger partial charge in [-0.05, 0) is 54.3 Å². The summed E-state index contributed by atoms with van der Waals surface area (Å²) in [5.74, 6) is 2.03. The zero-order valence-corrected chi connectivity index (χ0v) is 20.8. The first-order valence-corrected chi connectivity index (χ1v) is 11.9. The number of hydrogen-bond donors (Lipinski definition) is 1. The monoisotopic (exact) mass is 511 g/mol. The summed E-state index contributed by atoms with van der Waals surface area (Å²) in [6, 6.07) is 13.2. The smallest absolute Gasteiger partial charge is 0.418 e. The van der Waals surface area contributed by atoms with Crippen LogP contribution >= 0.6 is 0 Å². The molecule has 0 bridgehead atoms. The van der Waals surface area contributed by atoms with Crippen LogP contribution in [0.4, 0.5) is 19.0 Å². The molecule has 4 aromatic rings. The molecule has 0 radical (unpaired) electrons. The number of aromatic nitrogens is 4. The summed E-state index contributed by atoms with van der Waals surface area (Å²) in [5, 5.41) is 3.91. The summed E-state index contributed by atoms with van der Waals surface area (Å²) in [7, 11) is 1.62. The fourth-order valence-corrected chi connectivity index (χ4v) is 3.76. The maximum absolute atomic E-state index is 13.6. The number of halogens is 3. The van der Waals surface area contributed by atoms with Crippen molar-refractivity contribution >= 4 is 16.9 Å². The zero-order chi connectivity index (χ0) is 26.4. The van der Waals surface area contributed by atoms with E-state index < -0.39 is 11.7 Å². The number of pyridine rings is 2. The molecule has 0 aliphatic carbocycles. The van der Waals surface area contributed by atoms with Crippen molar-refractivity contribution < 1.29 is 22.6 Å². The maximum Gasteiger partial charge on any atom is 0.418 e. The van der Waals surface area contributed by atoms with E-state index in [1.807, 2.05) is 38.1 Å². The molecule has 0 atom stereocenters. The van der Waals surface area contributed by atoms with Gasteiger partial charge in [0.05, 0.1) is 23.8 Å². The molecule has 3 heterocycles. The SMILES string of the molecule is COc1cccc(CCNc2nc(COCC(C)C)nc3nc(-c4ncccc4C(F)(F)F)ccc23)c1. The summed E-state index contributed by atoms with van der Waals surface area (Å²) >= 11 is 0. The van der Waals surface area contributed by atoms with E-state index >= 15 is 0 Å². The maximum atomic E-state index is 13.6. The number of nitrogens with zero attached hydrogens (tertiary/aromatic N) is 4. The Bertz CT molecular complexity index is 1360. The lowest BCUT2D eigenvalue weighted by Gasteiger charge is -2.14. The van der Waals surface area contributed by atoms with Crippen LogP contribution in [0.5, 0.6) is 5.75 Å². The Morgan fingerprint density at radius 3 is 2.59 bits per heavy atom. The van der Waals surface area contributed by atoms with Gasteiger partial charge in [0.15, 0.2) is 11.5 Å². The van der Waals surface area contributed by atoms with E-state index in [1.54, 1.807) is 13.2 Å². The molecule has 0 aliphatic heterocycles. The van der Waals surface area contributed by atoms with Crippen LogP contribution < -0.4 is 10.1 Å². The fourth-order valence-electron chi connectivity index (χ4n) is 3.76. The van der Waals surface area contributed by atoms with E-state index in [9.17, 15) is 13.2 Å². The number of methoxy groups -OCH3 is 1. The van der Waals surface area contributed by atoms with E-state index in [0.29, 0.717) is 42.5 Å². The van der Waals surface area contributed by atoms with Crippen molar-refractivity contribution in [2.24, 2.45) is 5.92 Å². The highest BCUT2D eigenvalue weighted by atomic mass is 19.4. The van der Waals surface area contributed by atoms with Gasteiger partial charge in [-0.1, -0.05) is 26.0 Å². The van der Waals surface area contributed by atoms with Crippen LogP contribution in [0.1, 0.15) is 30.8 Å². The minimum Gasteiger partial charge on any atom is -0.497 e. The van der Waals surface area contributed by atoms with Gasteiger partial charge < -0.3 is 14.8 Å². The second kappa shape index (κ2) is 11.5. The lowest BCUT2D eigenvalue weighted by molar-refractivity contribution is -0.137. The van der Waals surface area contributed by atoms with Crippen LogP contribution in [0.3, 0.4) is 0 Å². The average Bonchev–Trinajstić information content (AvgIpc) is 2.87. The van der Waals surface area contributed by atoms with E-state index in [1.165, 1.54) is 18.3 Å². The second-order valence-electron chi connectivity index (χ2n) is 8.89. The minimum absolute atomic E-state index is 0.0792. The molecule has 0 spiro atoms. The molecule has 3 aromatic heterocycles. The number of alkyl halides is 3. The third kappa shape index (κ3) is 6.71. The van der Waals surface area contributed by atoms with Gasteiger partial charge in [0.25, 0.3) is 0 Å². The van der Waals surface area contributed by atoms with Gasteiger partial charge in [-0.3, -0.25) is 4.98 Å². The van der Waals surface area contributed by atoms with E-state index in [2.05, 4.69) is 25.3 Å². The van der Waals surface area contributed by atoms with Crippen LogP contribution in [0.15, 0.2) is 54.7 Å². The Balaban J connectivity index is 1.66. The summed E-state index contributed by atoms with van der Waals surface area (Å²) in [6.45, 7) is 5.31. The van der Waals surface area contributed by atoms with Crippen molar-refractivity contribution in [3.05, 3.63) is 71.7 Å². The highest BCUT2D eigenvalue weighted by Crippen LogP contribution is 2.35. The molecule has 7 nitrogen and oxygen atoms in total. The van der Waals surface area contributed by atoms with Crippen molar-refractivity contribution in [1.29, 1.82) is 0 Å². The average molecular weight is 512 g/mol. The summed E-state index contributed by atoms with van der Waals surface area (Å²) in [6.07, 6.45) is -2.54. The first-order valence-electron chi connectivity index (χ1n) is 11.9. The molecule has 4 rings (SSSR count). The number of rotatable bonds is 10. The van der Waals surface area contributed by atoms with Crippen molar-refractivity contribution in [3.8, 4) is 17.1 Å². The predicted molar refractivity (Wildman–Crippen MR) is 135 cm³/mol. The number of nitrogens with one attached hydrogen (secondary N) is 1. The first kappa shape index (κ1) is 26.3. The van der Waals surface area contributed by atoms with Crippen LogP contribution in [-0.2, 0) is 23.9 Å². The topological polar surface area (TPSA) is 82.0 Å². The van der Waals surface area contributed by atoms with Gasteiger partial charge in [0.1, 0.15) is 23.9 Å². The number of ether oxygens (including phenoxy) is 2. The highest BCUT2D eigenvalue weighted by molar-refractivity contribution is 5.88. The van der Waals surface area contributed by atoms with Gasteiger partial charge in [-0.2, -0.15) is 13.2 Å². The van der Waals surface area contributed by atoms with E-state index in [4.69, 9.17) is 9.47 Å². The molecule has 0 unspecified atom stereocenters. The van der Waals surface area contributed by atoms with Crippen LogP contribution in [0.2, 0.25) is 0 Å². The van der Waals surface area contributed by atoms with Crippen molar-refractivity contribution in [1.82, 2.24) is 19.9 Å². The molecule has 0 amide bonds. The third-order valence-corrected chi connectivity index (χ3v) is 5.48. The first-order chi connectivity index (χ1) is 17.7. The molecule has 0 aliphatic rings. The lowest BCUT2D eigenvalue weighted by atomic mass is 10.1. The molecule has 0 fully saturated rings. The fraction of sp³-hybridized carbons (Fsp3) is 0.333. The normalized spacial score (nSPS) is 11.8. The second-order valence-corrected chi connectivity index (χ2v) is 8.89. The van der Waals surface area contributed by atoms with E-state index in [-0.39, 0.29) is 23.6 Å². The minimum atomic E-state index is -4.56. The summed E-state index contributed by atoms with van der Waals surface area (Å²) < 4.78 is 51.7. The van der Waals surface area contributed by atoms with Crippen molar-refractivity contribution in [2.75, 3.05) is 25.6 Å². The third-order valence-electron chi connectivity index (χ3n) is 5.48. The Hall–Kier alpha value is -3.79. The lowest BCUT2D eigenvalue weighted by Crippen LogP contribution is -2.12. The number of anilines is 1. The van der Waals surface area contributed by atoms with Gasteiger partial charge in [0, 0.05) is 19.3 Å². The molecule has 10 heteroatoms. The predicted octanol–water partition coefficient (Wildman–Crippen LogP) is 5.94. The van der Waals surface area contributed by atoms with E-state index in [0.717, 1.165) is 17.4 Å². The standard InChI is InChI=1S/C27H28F3N5O2/c1-17(2)15-37-16-23-34-25(32-13-11-18-6-4-7-19(14-18)36-3)20-9-10-22(33-26(20)35-23)24-21(27(28,29)30)8-5-12-31-24/h4-10,12,14,17H,11,13,15-16H2,1-3H3,(H,32,33,34,35). The number of benzene rings is 1.